The molecule has 1 fully saturated rings. The third kappa shape index (κ3) is 3.40. The number of aliphatic hydroxyl groups is 1. The number of hydrogen-bond acceptors (Lipinski definition) is 3. The lowest BCUT2D eigenvalue weighted by Gasteiger charge is -2.38. The summed E-state index contributed by atoms with van der Waals surface area (Å²) in [5.74, 6) is 0. The first kappa shape index (κ1) is 16.0. The molecule has 4 nitrogen and oxygen atoms in total. The number of para-hydroxylation sites is 1. The lowest BCUT2D eigenvalue weighted by Crippen LogP contribution is -2.53. The van der Waals surface area contributed by atoms with Gasteiger partial charge < -0.3 is 5.11 Å². The molecule has 0 aliphatic carbocycles. The highest BCUT2D eigenvalue weighted by Crippen LogP contribution is 2.38. The molecule has 0 spiro atoms. The number of alkyl halides is 3. The van der Waals surface area contributed by atoms with Gasteiger partial charge in [-0.3, -0.25) is 4.90 Å². The van der Waals surface area contributed by atoms with E-state index < -0.39 is 11.8 Å². The topological polar surface area (TPSA) is 41.3 Å². The number of aromatic nitrogens is 2. The minimum atomic E-state index is -4.56. The molecule has 1 saturated heterocycles. The van der Waals surface area contributed by atoms with E-state index in [0.717, 1.165) is 11.3 Å². The second kappa shape index (κ2) is 5.98. The van der Waals surface area contributed by atoms with Crippen LogP contribution in [0.4, 0.5) is 13.2 Å². The zero-order valence-corrected chi connectivity index (χ0v) is 12.5. The SMILES string of the molecule is OC1(C(F)(F)F)CCN(Cc2cnn(-c3ccccc3)c2)CC1. The van der Waals surface area contributed by atoms with Crippen LogP contribution in [-0.4, -0.2) is 44.7 Å². The number of nitrogens with zero attached hydrogens (tertiary/aromatic N) is 3. The van der Waals surface area contributed by atoms with E-state index in [-0.39, 0.29) is 25.9 Å². The maximum Gasteiger partial charge on any atom is 0.417 e. The molecule has 1 aromatic carbocycles. The minimum Gasteiger partial charge on any atom is -0.380 e. The lowest BCUT2D eigenvalue weighted by molar-refractivity contribution is -0.272. The molecule has 0 saturated carbocycles. The molecule has 0 radical (unpaired) electrons. The smallest absolute Gasteiger partial charge is 0.380 e. The first-order valence-electron chi connectivity index (χ1n) is 7.48. The van der Waals surface area contributed by atoms with E-state index in [1.54, 1.807) is 10.9 Å². The van der Waals surface area contributed by atoms with Crippen LogP contribution in [-0.2, 0) is 6.54 Å². The summed E-state index contributed by atoms with van der Waals surface area (Å²) in [6, 6.07) is 9.62. The van der Waals surface area contributed by atoms with Crippen LogP contribution >= 0.6 is 0 Å². The number of hydrogen-bond donors (Lipinski definition) is 1. The second-order valence-electron chi connectivity index (χ2n) is 5.93. The molecular weight excluding hydrogens is 307 g/mol. The molecule has 7 heteroatoms. The molecular formula is C16H18F3N3O. The summed E-state index contributed by atoms with van der Waals surface area (Å²) in [5, 5.41) is 14.0. The van der Waals surface area contributed by atoms with Gasteiger partial charge in [-0.25, -0.2) is 4.68 Å². The first-order valence-corrected chi connectivity index (χ1v) is 7.48. The number of piperidine rings is 1. The van der Waals surface area contributed by atoms with Crippen LogP contribution in [0.5, 0.6) is 0 Å². The number of halogens is 3. The molecule has 3 rings (SSSR count). The monoisotopic (exact) mass is 325 g/mol. The Hall–Kier alpha value is -1.86. The highest BCUT2D eigenvalue weighted by atomic mass is 19.4. The Morgan fingerprint density at radius 3 is 2.39 bits per heavy atom. The van der Waals surface area contributed by atoms with E-state index in [2.05, 4.69) is 5.10 Å². The van der Waals surface area contributed by atoms with Crippen LogP contribution in [0.2, 0.25) is 0 Å². The average Bonchev–Trinajstić information content (AvgIpc) is 2.98. The highest BCUT2D eigenvalue weighted by Gasteiger charge is 2.54. The van der Waals surface area contributed by atoms with E-state index in [9.17, 15) is 18.3 Å². The lowest BCUT2D eigenvalue weighted by atomic mass is 9.90. The van der Waals surface area contributed by atoms with E-state index >= 15 is 0 Å². The Morgan fingerprint density at radius 2 is 1.78 bits per heavy atom. The molecule has 0 bridgehead atoms. The summed E-state index contributed by atoms with van der Waals surface area (Å²) < 4.78 is 40.1. The van der Waals surface area contributed by atoms with Gasteiger partial charge in [0.15, 0.2) is 5.60 Å². The fourth-order valence-electron chi connectivity index (χ4n) is 2.79. The molecule has 23 heavy (non-hydrogen) atoms. The number of rotatable bonds is 3. The summed E-state index contributed by atoms with van der Waals surface area (Å²) in [6.45, 7) is 0.958. The first-order chi connectivity index (χ1) is 10.9. The summed E-state index contributed by atoms with van der Waals surface area (Å²) in [7, 11) is 0. The summed E-state index contributed by atoms with van der Waals surface area (Å²) in [6.07, 6.45) is -1.54. The van der Waals surface area contributed by atoms with Crippen molar-refractivity contribution in [3.05, 3.63) is 48.3 Å². The average molecular weight is 325 g/mol. The van der Waals surface area contributed by atoms with Crippen LogP contribution in [0.25, 0.3) is 5.69 Å². The predicted octanol–water partition coefficient (Wildman–Crippen LogP) is 2.76. The quantitative estimate of drug-likeness (QED) is 0.943. The molecule has 1 aliphatic heterocycles. The van der Waals surface area contributed by atoms with Gasteiger partial charge in [0.2, 0.25) is 0 Å². The van der Waals surface area contributed by atoms with Gasteiger partial charge in [-0.05, 0) is 25.0 Å². The fourth-order valence-corrected chi connectivity index (χ4v) is 2.79. The van der Waals surface area contributed by atoms with Crippen LogP contribution in [0.15, 0.2) is 42.7 Å². The Morgan fingerprint density at radius 1 is 1.13 bits per heavy atom. The largest absolute Gasteiger partial charge is 0.417 e. The molecule has 1 N–H and O–H groups in total. The van der Waals surface area contributed by atoms with Gasteiger partial charge in [0.1, 0.15) is 0 Å². The zero-order valence-electron chi connectivity index (χ0n) is 12.5. The van der Waals surface area contributed by atoms with Crippen molar-refractivity contribution in [1.29, 1.82) is 0 Å². The van der Waals surface area contributed by atoms with Gasteiger partial charge in [0, 0.05) is 31.4 Å². The maximum atomic E-state index is 12.8. The van der Waals surface area contributed by atoms with Crippen molar-refractivity contribution in [3.63, 3.8) is 0 Å². The van der Waals surface area contributed by atoms with Crippen LogP contribution in [0, 0.1) is 0 Å². The Bertz CT molecular complexity index is 646. The predicted molar refractivity (Wildman–Crippen MR) is 79.1 cm³/mol. The fraction of sp³-hybridized carbons (Fsp3) is 0.438. The molecule has 0 unspecified atom stereocenters. The minimum absolute atomic E-state index is 0.215. The van der Waals surface area contributed by atoms with Crippen molar-refractivity contribution in [3.8, 4) is 5.69 Å². The van der Waals surface area contributed by atoms with Gasteiger partial charge in [0.25, 0.3) is 0 Å². The zero-order chi connectivity index (χ0) is 16.5. The maximum absolute atomic E-state index is 12.8. The van der Waals surface area contributed by atoms with Crippen molar-refractivity contribution < 1.29 is 18.3 Å². The van der Waals surface area contributed by atoms with Crippen molar-refractivity contribution >= 4 is 0 Å². The number of likely N-dealkylation sites (tertiary alicyclic amines) is 1. The summed E-state index contributed by atoms with van der Waals surface area (Å²) >= 11 is 0. The normalized spacial score (nSPS) is 19.0. The molecule has 1 aromatic heterocycles. The molecule has 0 amide bonds. The van der Waals surface area contributed by atoms with E-state index in [0.29, 0.717) is 6.54 Å². The van der Waals surface area contributed by atoms with Crippen molar-refractivity contribution in [1.82, 2.24) is 14.7 Å². The van der Waals surface area contributed by atoms with Crippen molar-refractivity contribution in [2.45, 2.75) is 31.2 Å². The van der Waals surface area contributed by atoms with E-state index in [1.807, 2.05) is 41.4 Å². The van der Waals surface area contributed by atoms with Crippen LogP contribution in [0.1, 0.15) is 18.4 Å². The van der Waals surface area contributed by atoms with Gasteiger partial charge in [-0.2, -0.15) is 18.3 Å². The third-order valence-corrected chi connectivity index (χ3v) is 4.27. The summed E-state index contributed by atoms with van der Waals surface area (Å²) in [5.41, 5.74) is -0.673. The van der Waals surface area contributed by atoms with Crippen LogP contribution < -0.4 is 0 Å². The molecule has 1 aliphatic rings. The third-order valence-electron chi connectivity index (χ3n) is 4.27. The second-order valence-corrected chi connectivity index (χ2v) is 5.93. The Kier molecular flexibility index (Phi) is 4.16. The molecule has 2 heterocycles. The summed E-state index contributed by atoms with van der Waals surface area (Å²) in [4.78, 5) is 1.91. The van der Waals surface area contributed by atoms with Gasteiger partial charge in [0.05, 0.1) is 11.9 Å². The molecule has 0 atom stereocenters. The van der Waals surface area contributed by atoms with E-state index in [4.69, 9.17) is 0 Å². The van der Waals surface area contributed by atoms with Gasteiger partial charge >= 0.3 is 6.18 Å². The van der Waals surface area contributed by atoms with Crippen molar-refractivity contribution in [2.24, 2.45) is 0 Å². The molecule has 2 aromatic rings. The molecule has 124 valence electrons. The highest BCUT2D eigenvalue weighted by molar-refractivity contribution is 5.30. The standard InChI is InChI=1S/C16H18F3N3O/c17-16(18,19)15(23)6-8-21(9-7-15)11-13-10-20-22(12-13)14-4-2-1-3-5-14/h1-5,10,12,23H,6-9,11H2. The number of benzene rings is 1. The van der Waals surface area contributed by atoms with Crippen molar-refractivity contribution in [2.75, 3.05) is 13.1 Å². The van der Waals surface area contributed by atoms with Gasteiger partial charge in [-0.15, -0.1) is 0 Å². The van der Waals surface area contributed by atoms with E-state index in [1.165, 1.54) is 0 Å². The van der Waals surface area contributed by atoms with Gasteiger partial charge in [-0.1, -0.05) is 18.2 Å². The van der Waals surface area contributed by atoms with Crippen LogP contribution in [0.3, 0.4) is 0 Å². The Labute approximate surface area is 132 Å². The Balaban J connectivity index is 1.61.